The summed E-state index contributed by atoms with van der Waals surface area (Å²) < 4.78 is 24.2. The van der Waals surface area contributed by atoms with Gasteiger partial charge in [-0.2, -0.15) is 0 Å². The van der Waals surface area contributed by atoms with Crippen molar-refractivity contribution in [3.8, 4) is 0 Å². The van der Waals surface area contributed by atoms with Crippen LogP contribution in [0.5, 0.6) is 0 Å². The van der Waals surface area contributed by atoms with Crippen LogP contribution in [0, 0.1) is 0 Å². The molecule has 0 rings (SSSR count). The van der Waals surface area contributed by atoms with Crippen LogP contribution in [0.3, 0.4) is 0 Å². The van der Waals surface area contributed by atoms with E-state index in [1.165, 1.54) is 0 Å². The van der Waals surface area contributed by atoms with Crippen LogP contribution in [-0.2, 0) is 27.8 Å². The minimum Gasteiger partial charge on any atom is -0.344 e. The third-order valence-corrected chi connectivity index (χ3v) is 0. The van der Waals surface area contributed by atoms with Crippen LogP contribution in [0.15, 0.2) is 0 Å². The normalized spacial score (nSPS) is 5.67. The standard InChI is InChI=1S/Co.H3N.H2O3S/c;;1-4(2)3/h;1H3;4H,(H,1,2,3). The number of hydrogen-bond acceptors (Lipinski definition) is 3. The van der Waals surface area contributed by atoms with Crippen molar-refractivity contribution in [2.45, 2.75) is 0 Å². The van der Waals surface area contributed by atoms with Gasteiger partial charge in [0.05, 0.1) is 0 Å². The fourth-order valence-corrected chi connectivity index (χ4v) is 0. The first kappa shape index (κ1) is 16.2. The molecule has 1 radical (unpaired) electrons. The van der Waals surface area contributed by atoms with E-state index in [9.17, 15) is 0 Å². The molecule has 0 spiro atoms. The Morgan fingerprint density at radius 1 is 1.33 bits per heavy atom. The van der Waals surface area contributed by atoms with Crippen LogP contribution < -0.4 is 6.15 Å². The molecule has 43 valence electrons. The van der Waals surface area contributed by atoms with Gasteiger partial charge in [-0.05, 0) is 0 Å². The fraction of sp³-hybridized carbons (Fsp3) is 0. The van der Waals surface area contributed by atoms with Crippen molar-refractivity contribution >= 4 is 11.0 Å². The van der Waals surface area contributed by atoms with Crippen molar-refractivity contribution in [1.82, 2.24) is 6.15 Å². The second-order valence-electron chi connectivity index (χ2n) is 0.238. The molecule has 0 bridgehead atoms. The second-order valence-corrected chi connectivity index (χ2v) is 0.714. The summed E-state index contributed by atoms with van der Waals surface area (Å²) in [5.74, 6) is 0. The van der Waals surface area contributed by atoms with Gasteiger partial charge in [-0.1, -0.05) is 0 Å². The molecule has 0 heterocycles. The third-order valence-electron chi connectivity index (χ3n) is 0. The smallest absolute Gasteiger partial charge is 0.254 e. The molecule has 0 amide bonds. The van der Waals surface area contributed by atoms with E-state index in [1.54, 1.807) is 0 Å². The minimum absolute atomic E-state index is 0. The Hall–Kier alpha value is 0.376. The zero-order valence-corrected chi connectivity index (χ0v) is 4.69. The Bertz CT molecular complexity index is 59.2. The van der Waals surface area contributed by atoms with Gasteiger partial charge in [-0.3, -0.25) is 4.55 Å². The fourth-order valence-electron chi connectivity index (χ4n) is 0. The van der Waals surface area contributed by atoms with E-state index in [2.05, 4.69) is 0 Å². The van der Waals surface area contributed by atoms with Gasteiger partial charge in [0.2, 0.25) is 0 Å². The first-order chi connectivity index (χ1) is 1.73. The first-order valence-corrected chi connectivity index (χ1v) is 1.70. The predicted molar refractivity (Wildman–Crippen MR) is 18.0 cm³/mol. The van der Waals surface area contributed by atoms with Crippen molar-refractivity contribution in [1.29, 1.82) is 0 Å². The second kappa shape index (κ2) is 9.03. The Morgan fingerprint density at radius 2 is 1.33 bits per heavy atom. The molecule has 0 aliphatic heterocycles. The third kappa shape index (κ3) is 352. The molecule has 0 unspecified atom stereocenters. The maximum atomic E-state index is 8.59. The Balaban J connectivity index is -0.0000000450. The summed E-state index contributed by atoms with van der Waals surface area (Å²) in [6.07, 6.45) is 0. The van der Waals surface area contributed by atoms with Crippen molar-refractivity contribution in [3.63, 3.8) is 0 Å². The zero-order chi connectivity index (χ0) is 3.58. The van der Waals surface area contributed by atoms with Gasteiger partial charge in [0.15, 0.2) is 0 Å². The summed E-state index contributed by atoms with van der Waals surface area (Å²) in [6, 6.07) is 0. The van der Waals surface area contributed by atoms with Crippen LogP contribution in [0.4, 0.5) is 0 Å². The summed E-state index contributed by atoms with van der Waals surface area (Å²) in [5, 5.41) is 0. The first-order valence-electron chi connectivity index (χ1n) is 0.565. The summed E-state index contributed by atoms with van der Waals surface area (Å²) in [7, 11) is -3.12. The molecule has 0 atom stereocenters. The number of hydrogen-bond donors (Lipinski definition) is 3. The number of thiol groups is 1. The summed E-state index contributed by atoms with van der Waals surface area (Å²) >= 11 is 0. The summed E-state index contributed by atoms with van der Waals surface area (Å²) in [4.78, 5) is 0. The summed E-state index contributed by atoms with van der Waals surface area (Å²) in [5.41, 5.74) is 0. The molecule has 0 aromatic carbocycles. The van der Waals surface area contributed by atoms with Crippen molar-refractivity contribution in [2.24, 2.45) is 0 Å². The summed E-state index contributed by atoms with van der Waals surface area (Å²) in [6.45, 7) is 0. The average Bonchev–Trinajstić information content (AvgIpc) is 0.811. The van der Waals surface area contributed by atoms with Crippen LogP contribution >= 0.6 is 0 Å². The minimum atomic E-state index is -3.12. The van der Waals surface area contributed by atoms with Crippen molar-refractivity contribution in [2.75, 3.05) is 0 Å². The van der Waals surface area contributed by atoms with Gasteiger partial charge in [-0.15, -0.1) is 0 Å². The van der Waals surface area contributed by atoms with Crippen molar-refractivity contribution < 1.29 is 29.7 Å². The van der Waals surface area contributed by atoms with E-state index in [-0.39, 0.29) is 22.9 Å². The molecule has 6 heavy (non-hydrogen) atoms. The molecular formula is H5CoNO3S. The van der Waals surface area contributed by atoms with E-state index in [1.807, 2.05) is 0 Å². The van der Waals surface area contributed by atoms with Crippen LogP contribution in [0.2, 0.25) is 0 Å². The van der Waals surface area contributed by atoms with Gasteiger partial charge in [-0.25, -0.2) is 8.42 Å². The monoisotopic (exact) mass is 158 g/mol. The van der Waals surface area contributed by atoms with Crippen LogP contribution in [0.1, 0.15) is 0 Å². The predicted octanol–water partition coefficient (Wildman–Crippen LogP) is -0.770. The molecule has 6 heteroatoms. The van der Waals surface area contributed by atoms with Gasteiger partial charge >= 0.3 is 0 Å². The zero-order valence-electron chi connectivity index (χ0n) is 2.75. The average molecular weight is 158 g/mol. The van der Waals surface area contributed by atoms with Crippen LogP contribution in [-0.4, -0.2) is 13.0 Å². The van der Waals surface area contributed by atoms with Crippen LogP contribution in [0.25, 0.3) is 0 Å². The SMILES string of the molecule is N.O=[SH](=O)O.[Co]. The largest absolute Gasteiger partial charge is 0.344 e. The topological polar surface area (TPSA) is 89.4 Å². The van der Waals surface area contributed by atoms with Gasteiger partial charge in [0.25, 0.3) is 11.0 Å². The molecule has 0 aliphatic carbocycles. The number of rotatable bonds is 0. The molecule has 0 fully saturated rings. The molecule has 0 saturated heterocycles. The molecule has 0 aromatic rings. The quantitative estimate of drug-likeness (QED) is 0.319. The molecule has 0 aromatic heterocycles. The van der Waals surface area contributed by atoms with E-state index >= 15 is 0 Å². The van der Waals surface area contributed by atoms with Gasteiger partial charge in [0, 0.05) is 16.8 Å². The van der Waals surface area contributed by atoms with E-state index in [0.29, 0.717) is 0 Å². The van der Waals surface area contributed by atoms with E-state index in [0.717, 1.165) is 0 Å². The molecule has 4 N–H and O–H groups in total. The Kier molecular flexibility index (Phi) is 24.3. The Labute approximate surface area is 47.5 Å². The van der Waals surface area contributed by atoms with E-state index < -0.39 is 11.0 Å². The Morgan fingerprint density at radius 3 is 1.33 bits per heavy atom. The maximum Gasteiger partial charge on any atom is 0.254 e. The maximum absolute atomic E-state index is 8.59. The van der Waals surface area contributed by atoms with Gasteiger partial charge < -0.3 is 6.15 Å². The molecule has 0 saturated carbocycles. The van der Waals surface area contributed by atoms with Gasteiger partial charge in [0.1, 0.15) is 0 Å². The van der Waals surface area contributed by atoms with Crippen molar-refractivity contribution in [3.05, 3.63) is 0 Å². The molecule has 0 aliphatic rings. The molecule has 4 nitrogen and oxygen atoms in total. The van der Waals surface area contributed by atoms with E-state index in [4.69, 9.17) is 13.0 Å². The molecular weight excluding hydrogens is 153 g/mol.